The molecule has 18 heavy (non-hydrogen) atoms. The number of nitrogens with two attached hydrogens (primary N) is 1. The fourth-order valence-corrected chi connectivity index (χ4v) is 2.12. The quantitative estimate of drug-likeness (QED) is 0.415. The molecule has 0 radical (unpaired) electrons. The Morgan fingerprint density at radius 3 is 2.67 bits per heavy atom. The van der Waals surface area contributed by atoms with Crippen molar-refractivity contribution in [2.24, 2.45) is 10.7 Å². The fourth-order valence-electron chi connectivity index (χ4n) is 2.12. The molecule has 1 heterocycles. The molecule has 1 rings (SSSR count). The highest BCUT2D eigenvalue weighted by Crippen LogP contribution is 2.07. The molecule has 106 valence electrons. The number of methoxy groups -OCH3 is 1. The second kappa shape index (κ2) is 9.16. The van der Waals surface area contributed by atoms with Gasteiger partial charge in [-0.3, -0.25) is 4.99 Å². The molecule has 1 aliphatic rings. The predicted molar refractivity (Wildman–Crippen MR) is 75.9 cm³/mol. The molecule has 0 aromatic rings. The summed E-state index contributed by atoms with van der Waals surface area (Å²) in [5.41, 5.74) is 5.99. The number of aliphatic imine (C=N–C) groups is 1. The molecule has 0 bridgehead atoms. The summed E-state index contributed by atoms with van der Waals surface area (Å²) in [5, 5.41) is 0. The van der Waals surface area contributed by atoms with E-state index in [0.717, 1.165) is 51.7 Å². The number of likely N-dealkylation sites (N-methyl/N-ethyl adjacent to an activating group) is 1. The number of piperidine rings is 1. The summed E-state index contributed by atoms with van der Waals surface area (Å²) in [7, 11) is 3.84. The first-order chi connectivity index (χ1) is 8.74. The number of rotatable bonds is 7. The summed E-state index contributed by atoms with van der Waals surface area (Å²) in [6, 6.07) is 0. The van der Waals surface area contributed by atoms with Gasteiger partial charge in [-0.15, -0.1) is 0 Å². The summed E-state index contributed by atoms with van der Waals surface area (Å²) in [6.45, 7) is 5.77. The van der Waals surface area contributed by atoms with Gasteiger partial charge in [0.15, 0.2) is 5.96 Å². The molecule has 0 aromatic carbocycles. The highest BCUT2D eigenvalue weighted by atomic mass is 16.5. The zero-order valence-corrected chi connectivity index (χ0v) is 11.9. The molecule has 0 saturated carbocycles. The Morgan fingerprint density at radius 1 is 1.28 bits per heavy atom. The van der Waals surface area contributed by atoms with Gasteiger partial charge in [0, 0.05) is 33.3 Å². The van der Waals surface area contributed by atoms with Gasteiger partial charge in [0.25, 0.3) is 0 Å². The van der Waals surface area contributed by atoms with Crippen LogP contribution >= 0.6 is 0 Å². The smallest absolute Gasteiger partial charge is 0.191 e. The van der Waals surface area contributed by atoms with Gasteiger partial charge in [0.2, 0.25) is 0 Å². The summed E-state index contributed by atoms with van der Waals surface area (Å²) in [5.74, 6) is 0.731. The van der Waals surface area contributed by atoms with Crippen LogP contribution in [0.4, 0.5) is 0 Å². The van der Waals surface area contributed by atoms with Gasteiger partial charge in [-0.1, -0.05) is 0 Å². The van der Waals surface area contributed by atoms with Gasteiger partial charge in [-0.05, 0) is 39.3 Å². The van der Waals surface area contributed by atoms with Crippen LogP contribution in [0, 0.1) is 0 Å². The van der Waals surface area contributed by atoms with Gasteiger partial charge < -0.3 is 20.3 Å². The van der Waals surface area contributed by atoms with Gasteiger partial charge in [-0.25, -0.2) is 0 Å². The lowest BCUT2D eigenvalue weighted by Gasteiger charge is -2.27. The Bertz CT molecular complexity index is 239. The normalized spacial score (nSPS) is 17.5. The van der Waals surface area contributed by atoms with E-state index in [-0.39, 0.29) is 0 Å². The number of hydrogen-bond acceptors (Lipinski definition) is 3. The lowest BCUT2D eigenvalue weighted by Crippen LogP contribution is -2.41. The highest BCUT2D eigenvalue weighted by molar-refractivity contribution is 5.78. The van der Waals surface area contributed by atoms with Crippen molar-refractivity contribution in [3.8, 4) is 0 Å². The summed E-state index contributed by atoms with van der Waals surface area (Å²) in [6.07, 6.45) is 4.87. The monoisotopic (exact) mass is 256 g/mol. The van der Waals surface area contributed by atoms with E-state index in [2.05, 4.69) is 21.8 Å². The second-order valence-electron chi connectivity index (χ2n) is 4.94. The van der Waals surface area contributed by atoms with Crippen molar-refractivity contribution >= 4 is 5.96 Å². The van der Waals surface area contributed by atoms with Gasteiger partial charge in [0.1, 0.15) is 0 Å². The third-order valence-electron chi connectivity index (χ3n) is 3.33. The zero-order chi connectivity index (χ0) is 13.2. The van der Waals surface area contributed by atoms with Crippen molar-refractivity contribution in [1.29, 1.82) is 0 Å². The first-order valence-corrected chi connectivity index (χ1v) is 6.96. The van der Waals surface area contributed by atoms with Crippen LogP contribution in [0.5, 0.6) is 0 Å². The van der Waals surface area contributed by atoms with Crippen LogP contribution in [0.2, 0.25) is 0 Å². The number of guanidine groups is 1. The minimum absolute atomic E-state index is 0.731. The molecule has 2 N–H and O–H groups in total. The molecule has 0 aromatic heterocycles. The lowest BCUT2D eigenvalue weighted by molar-refractivity contribution is 0.161. The molecule has 0 aliphatic carbocycles. The lowest BCUT2D eigenvalue weighted by atomic mass is 10.1. The maximum atomic E-state index is 5.99. The maximum absolute atomic E-state index is 5.99. The van der Waals surface area contributed by atoms with E-state index in [1.54, 1.807) is 7.11 Å². The number of ether oxygens (including phenoxy) is 1. The Balaban J connectivity index is 2.11. The Morgan fingerprint density at radius 2 is 2.00 bits per heavy atom. The molecule has 0 atom stereocenters. The first-order valence-electron chi connectivity index (χ1n) is 6.96. The molecule has 1 fully saturated rings. The first kappa shape index (κ1) is 15.2. The molecular formula is C13H28N4O. The topological polar surface area (TPSA) is 54.1 Å². The summed E-state index contributed by atoms with van der Waals surface area (Å²) < 4.78 is 5.04. The molecule has 0 spiro atoms. The Hall–Kier alpha value is -0.810. The third kappa shape index (κ3) is 6.21. The van der Waals surface area contributed by atoms with Crippen LogP contribution in [-0.4, -0.2) is 69.2 Å². The van der Waals surface area contributed by atoms with Crippen molar-refractivity contribution in [2.75, 3.05) is 53.5 Å². The molecule has 5 nitrogen and oxygen atoms in total. The summed E-state index contributed by atoms with van der Waals surface area (Å²) >= 11 is 0. The maximum Gasteiger partial charge on any atom is 0.191 e. The fraction of sp³-hybridized carbons (Fsp3) is 0.923. The molecule has 0 unspecified atom stereocenters. The molecule has 1 aliphatic heterocycles. The second-order valence-corrected chi connectivity index (χ2v) is 4.94. The Kier molecular flexibility index (Phi) is 7.76. The number of likely N-dealkylation sites (tertiary alicyclic amines) is 1. The zero-order valence-electron chi connectivity index (χ0n) is 11.9. The van der Waals surface area contributed by atoms with E-state index in [4.69, 9.17) is 10.5 Å². The van der Waals surface area contributed by atoms with E-state index < -0.39 is 0 Å². The van der Waals surface area contributed by atoms with Crippen LogP contribution in [0.15, 0.2) is 4.99 Å². The minimum Gasteiger partial charge on any atom is -0.383 e. The van der Waals surface area contributed by atoms with Crippen molar-refractivity contribution in [2.45, 2.75) is 25.7 Å². The van der Waals surface area contributed by atoms with E-state index in [0.29, 0.717) is 0 Å². The predicted octanol–water partition coefficient (Wildman–Crippen LogP) is 0.755. The summed E-state index contributed by atoms with van der Waals surface area (Å²) in [4.78, 5) is 8.93. The average molecular weight is 256 g/mol. The highest BCUT2D eigenvalue weighted by Gasteiger charge is 2.11. The number of nitrogens with zero attached hydrogens (tertiary/aromatic N) is 3. The van der Waals surface area contributed by atoms with E-state index in [1.807, 2.05) is 0 Å². The van der Waals surface area contributed by atoms with Gasteiger partial charge >= 0.3 is 0 Å². The molecule has 0 amide bonds. The molecular weight excluding hydrogens is 228 g/mol. The van der Waals surface area contributed by atoms with Gasteiger partial charge in [0.05, 0.1) is 6.61 Å². The standard InChI is InChI=1S/C13H28N4O/c1-16(11-12-18-2)8-6-7-15-13(14)17-9-4-3-5-10-17/h3-12H2,1-2H3,(H2,14,15). The Labute approximate surface area is 111 Å². The number of hydrogen-bond donors (Lipinski definition) is 1. The van der Waals surface area contributed by atoms with Crippen LogP contribution < -0.4 is 5.73 Å². The van der Waals surface area contributed by atoms with Crippen molar-refractivity contribution in [3.05, 3.63) is 0 Å². The average Bonchev–Trinajstić information content (AvgIpc) is 2.42. The largest absolute Gasteiger partial charge is 0.383 e. The SMILES string of the molecule is COCCN(C)CCCN=C(N)N1CCCCC1. The third-order valence-corrected chi connectivity index (χ3v) is 3.33. The van der Waals surface area contributed by atoms with Crippen LogP contribution in [0.25, 0.3) is 0 Å². The van der Waals surface area contributed by atoms with Crippen LogP contribution in [-0.2, 0) is 4.74 Å². The van der Waals surface area contributed by atoms with Crippen LogP contribution in [0.3, 0.4) is 0 Å². The van der Waals surface area contributed by atoms with Crippen LogP contribution in [0.1, 0.15) is 25.7 Å². The minimum atomic E-state index is 0.731. The molecule has 1 saturated heterocycles. The van der Waals surface area contributed by atoms with Gasteiger partial charge in [-0.2, -0.15) is 0 Å². The van der Waals surface area contributed by atoms with E-state index in [9.17, 15) is 0 Å². The van der Waals surface area contributed by atoms with E-state index in [1.165, 1.54) is 19.3 Å². The van der Waals surface area contributed by atoms with E-state index >= 15 is 0 Å². The molecule has 5 heteroatoms. The van der Waals surface area contributed by atoms with Crippen molar-refractivity contribution in [1.82, 2.24) is 9.80 Å². The van der Waals surface area contributed by atoms with Crippen molar-refractivity contribution in [3.63, 3.8) is 0 Å². The van der Waals surface area contributed by atoms with Crippen molar-refractivity contribution < 1.29 is 4.74 Å².